The minimum Gasteiger partial charge on any atom is -0.480 e. The van der Waals surface area contributed by atoms with Gasteiger partial charge in [0.15, 0.2) is 5.54 Å². The van der Waals surface area contributed by atoms with Crippen LogP contribution in [0.1, 0.15) is 12.5 Å². The Labute approximate surface area is 113 Å². The lowest BCUT2D eigenvalue weighted by atomic mass is 9.90. The van der Waals surface area contributed by atoms with Gasteiger partial charge in [0.05, 0.1) is 19.8 Å². The Kier molecular flexibility index (Phi) is 6.49. The van der Waals surface area contributed by atoms with E-state index in [2.05, 4.69) is 5.32 Å². The van der Waals surface area contributed by atoms with E-state index in [1.54, 1.807) is 19.2 Å². The molecule has 106 valence electrons. The monoisotopic (exact) mass is 267 g/mol. The summed E-state index contributed by atoms with van der Waals surface area (Å²) in [6.45, 7) is 3.27. The average Bonchev–Trinajstić information content (AvgIpc) is 2.43. The van der Waals surface area contributed by atoms with E-state index in [0.29, 0.717) is 25.3 Å². The second-order valence-corrected chi connectivity index (χ2v) is 4.15. The molecule has 0 aromatic heterocycles. The van der Waals surface area contributed by atoms with Crippen LogP contribution < -0.4 is 5.32 Å². The highest BCUT2D eigenvalue weighted by atomic mass is 16.5. The summed E-state index contributed by atoms with van der Waals surface area (Å²) >= 11 is 0. The van der Waals surface area contributed by atoms with E-state index in [0.717, 1.165) is 0 Å². The number of rotatable bonds is 9. The van der Waals surface area contributed by atoms with Crippen molar-refractivity contribution in [3.8, 4) is 0 Å². The topological polar surface area (TPSA) is 67.8 Å². The van der Waals surface area contributed by atoms with Crippen molar-refractivity contribution in [3.05, 3.63) is 35.9 Å². The van der Waals surface area contributed by atoms with Gasteiger partial charge < -0.3 is 14.6 Å². The summed E-state index contributed by atoms with van der Waals surface area (Å²) in [7, 11) is 1.58. The van der Waals surface area contributed by atoms with Gasteiger partial charge >= 0.3 is 5.97 Å². The lowest BCUT2D eigenvalue weighted by Crippen LogP contribution is -2.52. The molecule has 0 heterocycles. The third-order valence-corrected chi connectivity index (χ3v) is 2.86. The largest absolute Gasteiger partial charge is 0.480 e. The molecule has 1 aromatic rings. The zero-order valence-electron chi connectivity index (χ0n) is 11.4. The van der Waals surface area contributed by atoms with Gasteiger partial charge in [0.2, 0.25) is 0 Å². The number of likely N-dealkylation sites (N-methyl/N-ethyl adjacent to an activating group) is 1. The van der Waals surface area contributed by atoms with E-state index < -0.39 is 11.5 Å². The van der Waals surface area contributed by atoms with Crippen LogP contribution in [0, 0.1) is 0 Å². The fourth-order valence-electron chi connectivity index (χ4n) is 1.89. The SMILES string of the molecule is CCNC(COCCOC)(C(=O)O)c1ccccc1. The third kappa shape index (κ3) is 4.02. The summed E-state index contributed by atoms with van der Waals surface area (Å²) in [5, 5.41) is 12.6. The Morgan fingerprint density at radius 1 is 1.32 bits per heavy atom. The van der Waals surface area contributed by atoms with Crippen molar-refractivity contribution in [2.75, 3.05) is 33.5 Å². The summed E-state index contributed by atoms with van der Waals surface area (Å²) in [6.07, 6.45) is 0. The van der Waals surface area contributed by atoms with Crippen LogP contribution in [-0.2, 0) is 19.8 Å². The first-order valence-electron chi connectivity index (χ1n) is 6.28. The maximum atomic E-state index is 11.7. The number of methoxy groups -OCH3 is 1. The summed E-state index contributed by atoms with van der Waals surface area (Å²) in [4.78, 5) is 11.7. The van der Waals surface area contributed by atoms with Gasteiger partial charge in [-0.1, -0.05) is 37.3 Å². The molecule has 0 radical (unpaired) electrons. The zero-order valence-corrected chi connectivity index (χ0v) is 11.4. The molecule has 0 fully saturated rings. The normalized spacial score (nSPS) is 14.0. The molecule has 0 saturated heterocycles. The van der Waals surface area contributed by atoms with E-state index in [-0.39, 0.29) is 6.61 Å². The summed E-state index contributed by atoms with van der Waals surface area (Å²) < 4.78 is 10.3. The maximum Gasteiger partial charge on any atom is 0.331 e. The van der Waals surface area contributed by atoms with Crippen molar-refractivity contribution in [2.45, 2.75) is 12.5 Å². The summed E-state index contributed by atoms with van der Waals surface area (Å²) in [5.74, 6) is -0.946. The van der Waals surface area contributed by atoms with Crippen LogP contribution in [-0.4, -0.2) is 44.6 Å². The average molecular weight is 267 g/mol. The number of carboxylic acids is 1. The Balaban J connectivity index is 2.91. The quantitative estimate of drug-likeness (QED) is 0.659. The number of ether oxygens (including phenoxy) is 2. The Morgan fingerprint density at radius 2 is 2.00 bits per heavy atom. The van der Waals surface area contributed by atoms with E-state index in [1.165, 1.54) is 0 Å². The van der Waals surface area contributed by atoms with Crippen LogP contribution >= 0.6 is 0 Å². The van der Waals surface area contributed by atoms with Gasteiger partial charge in [0.1, 0.15) is 0 Å². The minimum absolute atomic E-state index is 0.0591. The lowest BCUT2D eigenvalue weighted by molar-refractivity contribution is -0.148. The Bertz CT molecular complexity index is 382. The van der Waals surface area contributed by atoms with E-state index in [9.17, 15) is 9.90 Å². The first-order valence-corrected chi connectivity index (χ1v) is 6.28. The van der Waals surface area contributed by atoms with Gasteiger partial charge in [-0.2, -0.15) is 0 Å². The minimum atomic E-state index is -1.22. The van der Waals surface area contributed by atoms with Gasteiger partial charge in [-0.25, -0.2) is 4.79 Å². The van der Waals surface area contributed by atoms with Gasteiger partial charge in [-0.05, 0) is 12.1 Å². The maximum absolute atomic E-state index is 11.7. The highest BCUT2D eigenvalue weighted by Crippen LogP contribution is 2.22. The molecular weight excluding hydrogens is 246 g/mol. The van der Waals surface area contributed by atoms with Crippen molar-refractivity contribution in [2.24, 2.45) is 0 Å². The second-order valence-electron chi connectivity index (χ2n) is 4.15. The van der Waals surface area contributed by atoms with Crippen LogP contribution in [0.2, 0.25) is 0 Å². The first-order chi connectivity index (χ1) is 9.17. The predicted octanol–water partition coefficient (Wildman–Crippen LogP) is 1.24. The molecule has 1 rings (SSSR count). The molecule has 0 aliphatic carbocycles. The summed E-state index contributed by atoms with van der Waals surface area (Å²) in [5.41, 5.74) is -0.536. The standard InChI is InChI=1S/C14H21NO4/c1-3-15-14(13(16)17,11-19-10-9-18-2)12-7-5-4-6-8-12/h4-8,15H,3,9-11H2,1-2H3,(H,16,17). The molecule has 2 N–H and O–H groups in total. The highest BCUT2D eigenvalue weighted by Gasteiger charge is 2.39. The Morgan fingerprint density at radius 3 is 2.53 bits per heavy atom. The van der Waals surface area contributed by atoms with Crippen molar-refractivity contribution in [3.63, 3.8) is 0 Å². The smallest absolute Gasteiger partial charge is 0.331 e. The lowest BCUT2D eigenvalue weighted by Gasteiger charge is -2.30. The number of carboxylic acid groups (broad SMARTS) is 1. The van der Waals surface area contributed by atoms with Gasteiger partial charge in [-0.3, -0.25) is 5.32 Å². The molecule has 0 spiro atoms. The number of hydrogen-bond donors (Lipinski definition) is 2. The second kappa shape index (κ2) is 7.89. The van der Waals surface area contributed by atoms with Crippen molar-refractivity contribution in [1.82, 2.24) is 5.32 Å². The van der Waals surface area contributed by atoms with Gasteiger partial charge in [-0.15, -0.1) is 0 Å². The molecule has 1 aromatic carbocycles. The van der Waals surface area contributed by atoms with E-state index >= 15 is 0 Å². The van der Waals surface area contributed by atoms with Gasteiger partial charge in [0, 0.05) is 7.11 Å². The van der Waals surface area contributed by atoms with Gasteiger partial charge in [0.25, 0.3) is 0 Å². The highest BCUT2D eigenvalue weighted by molar-refractivity contribution is 5.81. The molecule has 5 heteroatoms. The van der Waals surface area contributed by atoms with Crippen LogP contribution in [0.5, 0.6) is 0 Å². The number of aliphatic carboxylic acids is 1. The van der Waals surface area contributed by atoms with Crippen LogP contribution in [0.15, 0.2) is 30.3 Å². The molecule has 0 bridgehead atoms. The predicted molar refractivity (Wildman–Crippen MR) is 72.1 cm³/mol. The first kappa shape index (κ1) is 15.6. The molecule has 5 nitrogen and oxygen atoms in total. The molecule has 0 saturated carbocycles. The van der Waals surface area contributed by atoms with Crippen molar-refractivity contribution in [1.29, 1.82) is 0 Å². The molecule has 1 atom stereocenters. The summed E-state index contributed by atoms with van der Waals surface area (Å²) in [6, 6.07) is 9.07. The molecule has 19 heavy (non-hydrogen) atoms. The van der Waals surface area contributed by atoms with Crippen LogP contribution in [0.4, 0.5) is 0 Å². The number of hydrogen-bond acceptors (Lipinski definition) is 4. The fourth-order valence-corrected chi connectivity index (χ4v) is 1.89. The van der Waals surface area contributed by atoms with Crippen LogP contribution in [0.3, 0.4) is 0 Å². The van der Waals surface area contributed by atoms with E-state index in [1.807, 2.05) is 25.1 Å². The van der Waals surface area contributed by atoms with E-state index in [4.69, 9.17) is 9.47 Å². The molecule has 1 unspecified atom stereocenters. The van der Waals surface area contributed by atoms with Crippen molar-refractivity contribution >= 4 is 5.97 Å². The van der Waals surface area contributed by atoms with Crippen molar-refractivity contribution < 1.29 is 19.4 Å². The zero-order chi connectivity index (χ0) is 14.1. The fraction of sp³-hybridized carbons (Fsp3) is 0.500. The molecule has 0 aliphatic rings. The third-order valence-electron chi connectivity index (χ3n) is 2.86. The number of carbonyl (C=O) groups is 1. The molecular formula is C14H21NO4. The number of nitrogens with one attached hydrogen (secondary N) is 1. The number of benzene rings is 1. The van der Waals surface area contributed by atoms with Crippen LogP contribution in [0.25, 0.3) is 0 Å². The Hall–Kier alpha value is -1.43. The molecule has 0 aliphatic heterocycles. The molecule has 0 amide bonds.